The minimum absolute atomic E-state index is 0.0431. The lowest BCUT2D eigenvalue weighted by atomic mass is 9.94. The number of nitrogens with one attached hydrogen (secondary N) is 1. The van der Waals surface area contributed by atoms with Gasteiger partial charge in [-0.1, -0.05) is 0 Å². The molecule has 0 spiro atoms. The molecular formula is C20H38N6. The number of likely N-dealkylation sites (N-methyl/N-ethyl adjacent to an activating group) is 1. The highest BCUT2D eigenvalue weighted by atomic mass is 15.3. The van der Waals surface area contributed by atoms with Crippen LogP contribution in [-0.2, 0) is 0 Å². The molecule has 0 aromatic carbocycles. The van der Waals surface area contributed by atoms with Crippen LogP contribution < -0.4 is 5.32 Å². The number of nitrogens with zero attached hydrogens (tertiary/aromatic N) is 5. The molecule has 1 fully saturated rings. The summed E-state index contributed by atoms with van der Waals surface area (Å²) in [5, 5.41) is 22.2. The van der Waals surface area contributed by atoms with E-state index in [4.69, 9.17) is 0 Å². The van der Waals surface area contributed by atoms with Gasteiger partial charge in [-0.3, -0.25) is 9.80 Å². The van der Waals surface area contributed by atoms with E-state index in [9.17, 15) is 10.5 Å². The van der Waals surface area contributed by atoms with Crippen LogP contribution in [0.15, 0.2) is 0 Å². The minimum Gasteiger partial charge on any atom is -0.312 e. The van der Waals surface area contributed by atoms with Crippen molar-refractivity contribution in [2.45, 2.75) is 64.6 Å². The zero-order valence-corrected chi connectivity index (χ0v) is 17.7. The Labute approximate surface area is 160 Å². The third-order valence-electron chi connectivity index (χ3n) is 5.45. The lowest BCUT2D eigenvalue weighted by molar-refractivity contribution is 0.0729. The lowest BCUT2D eigenvalue weighted by Gasteiger charge is -2.42. The van der Waals surface area contributed by atoms with Crippen LogP contribution >= 0.6 is 0 Å². The van der Waals surface area contributed by atoms with Crippen LogP contribution in [0.5, 0.6) is 0 Å². The van der Waals surface area contributed by atoms with Gasteiger partial charge >= 0.3 is 0 Å². The summed E-state index contributed by atoms with van der Waals surface area (Å²) in [5.74, 6) is 0. The van der Waals surface area contributed by atoms with E-state index >= 15 is 0 Å². The van der Waals surface area contributed by atoms with Crippen molar-refractivity contribution < 1.29 is 0 Å². The molecule has 6 nitrogen and oxygen atoms in total. The highest BCUT2D eigenvalue weighted by Crippen LogP contribution is 2.19. The number of hydrogen-bond acceptors (Lipinski definition) is 6. The Hall–Kier alpha value is -1.18. The highest BCUT2D eigenvalue weighted by molar-refractivity contribution is 4.93. The number of rotatable bonds is 2. The monoisotopic (exact) mass is 362 g/mol. The molecule has 1 saturated heterocycles. The predicted molar refractivity (Wildman–Crippen MR) is 107 cm³/mol. The summed E-state index contributed by atoms with van der Waals surface area (Å²) in [6.07, 6.45) is 2.09. The Kier molecular flexibility index (Phi) is 9.00. The molecule has 0 saturated carbocycles. The standard InChI is InChI=1S/C20H38N6/c1-18-16-19(2,3)23-10-7-11-24(6)17-20(4,5)26(13-9-22)15-14-25(18)12-8-21/h18,23H,7,10-17H2,1-6H3/t18-/m1/s1. The molecule has 1 rings (SSSR count). The van der Waals surface area contributed by atoms with Gasteiger partial charge in [-0.25, -0.2) is 0 Å². The third-order valence-corrected chi connectivity index (χ3v) is 5.45. The fraction of sp³-hybridized carbons (Fsp3) is 0.900. The van der Waals surface area contributed by atoms with E-state index in [-0.39, 0.29) is 11.1 Å². The summed E-state index contributed by atoms with van der Waals surface area (Å²) in [6, 6.07) is 4.96. The Morgan fingerprint density at radius 1 is 1.04 bits per heavy atom. The van der Waals surface area contributed by atoms with Crippen LogP contribution in [0, 0.1) is 22.7 Å². The fourth-order valence-corrected chi connectivity index (χ4v) is 4.03. The van der Waals surface area contributed by atoms with Gasteiger partial charge in [0.2, 0.25) is 0 Å². The molecule has 0 radical (unpaired) electrons. The van der Waals surface area contributed by atoms with Crippen molar-refractivity contribution in [1.29, 1.82) is 10.5 Å². The van der Waals surface area contributed by atoms with E-state index in [0.717, 1.165) is 45.6 Å². The molecule has 1 atom stereocenters. The first kappa shape index (κ1) is 22.9. The summed E-state index contributed by atoms with van der Waals surface area (Å²) in [7, 11) is 2.16. The van der Waals surface area contributed by atoms with E-state index in [0.29, 0.717) is 19.1 Å². The first-order chi connectivity index (χ1) is 12.1. The molecule has 26 heavy (non-hydrogen) atoms. The first-order valence-corrected chi connectivity index (χ1v) is 9.78. The molecule has 6 heteroatoms. The largest absolute Gasteiger partial charge is 0.312 e. The number of nitriles is 2. The molecule has 0 aromatic rings. The second-order valence-corrected chi connectivity index (χ2v) is 8.98. The van der Waals surface area contributed by atoms with Crippen LogP contribution in [-0.4, -0.2) is 84.7 Å². The van der Waals surface area contributed by atoms with Gasteiger partial charge in [0.1, 0.15) is 0 Å². The van der Waals surface area contributed by atoms with Gasteiger partial charge in [0, 0.05) is 36.8 Å². The van der Waals surface area contributed by atoms with Crippen molar-refractivity contribution >= 4 is 0 Å². The quantitative estimate of drug-likeness (QED) is 0.757. The van der Waals surface area contributed by atoms with Crippen molar-refractivity contribution in [3.63, 3.8) is 0 Å². The third kappa shape index (κ3) is 7.60. The lowest BCUT2D eigenvalue weighted by Crippen LogP contribution is -2.55. The minimum atomic E-state index is -0.0805. The van der Waals surface area contributed by atoms with E-state index in [1.807, 2.05) is 0 Å². The normalized spacial score (nSPS) is 27.2. The van der Waals surface area contributed by atoms with E-state index in [1.54, 1.807) is 0 Å². The average molecular weight is 363 g/mol. The van der Waals surface area contributed by atoms with Crippen molar-refractivity contribution in [2.24, 2.45) is 0 Å². The van der Waals surface area contributed by atoms with Gasteiger partial charge < -0.3 is 10.2 Å². The van der Waals surface area contributed by atoms with Gasteiger partial charge in [0.15, 0.2) is 0 Å². The summed E-state index contributed by atoms with van der Waals surface area (Å²) >= 11 is 0. The Bertz CT molecular complexity index is 501. The van der Waals surface area contributed by atoms with Crippen LogP contribution in [0.4, 0.5) is 0 Å². The molecule has 1 aliphatic heterocycles. The SMILES string of the molecule is C[C@@H]1CC(C)(C)NCCCN(C)CC(C)(C)N(CC#N)CCN1CC#N. The topological polar surface area (TPSA) is 69.3 Å². The maximum Gasteiger partial charge on any atom is 0.0871 e. The second-order valence-electron chi connectivity index (χ2n) is 8.98. The van der Waals surface area contributed by atoms with Crippen LogP contribution in [0.1, 0.15) is 47.5 Å². The fourth-order valence-electron chi connectivity index (χ4n) is 4.03. The predicted octanol–water partition coefficient (Wildman–Crippen LogP) is 1.90. The molecule has 0 aliphatic carbocycles. The van der Waals surface area contributed by atoms with Crippen molar-refractivity contribution in [1.82, 2.24) is 20.0 Å². The van der Waals surface area contributed by atoms with E-state index in [2.05, 4.69) is 73.8 Å². The molecule has 1 N–H and O–H groups in total. The summed E-state index contributed by atoms with van der Waals surface area (Å²) < 4.78 is 0. The molecular weight excluding hydrogens is 324 g/mol. The van der Waals surface area contributed by atoms with E-state index in [1.165, 1.54) is 0 Å². The average Bonchev–Trinajstić information content (AvgIpc) is 2.52. The first-order valence-electron chi connectivity index (χ1n) is 9.78. The molecule has 148 valence electrons. The van der Waals surface area contributed by atoms with E-state index < -0.39 is 0 Å². The van der Waals surface area contributed by atoms with Gasteiger partial charge in [0.05, 0.1) is 25.2 Å². The number of hydrogen-bond donors (Lipinski definition) is 1. The maximum absolute atomic E-state index is 9.30. The highest BCUT2D eigenvalue weighted by Gasteiger charge is 2.30. The molecule has 1 aliphatic rings. The van der Waals surface area contributed by atoms with Crippen LogP contribution in [0.3, 0.4) is 0 Å². The molecule has 0 amide bonds. The van der Waals surface area contributed by atoms with Crippen LogP contribution in [0.2, 0.25) is 0 Å². The summed E-state index contributed by atoms with van der Waals surface area (Å²) in [6.45, 7) is 16.5. The summed E-state index contributed by atoms with van der Waals surface area (Å²) in [4.78, 5) is 6.87. The maximum atomic E-state index is 9.30. The Balaban J connectivity index is 3.00. The van der Waals surface area contributed by atoms with Crippen molar-refractivity contribution in [2.75, 3.05) is 52.9 Å². The van der Waals surface area contributed by atoms with Gasteiger partial charge in [0.25, 0.3) is 0 Å². The van der Waals surface area contributed by atoms with Gasteiger partial charge in [-0.15, -0.1) is 0 Å². The molecule has 0 bridgehead atoms. The smallest absolute Gasteiger partial charge is 0.0871 e. The second kappa shape index (κ2) is 10.2. The van der Waals surface area contributed by atoms with Gasteiger partial charge in [-0.2, -0.15) is 10.5 Å². The summed E-state index contributed by atoms with van der Waals surface area (Å²) in [5.41, 5.74) is -0.0374. The zero-order chi connectivity index (χ0) is 19.8. The zero-order valence-electron chi connectivity index (χ0n) is 17.7. The molecule has 1 heterocycles. The van der Waals surface area contributed by atoms with Gasteiger partial charge in [-0.05, 0) is 67.6 Å². The van der Waals surface area contributed by atoms with Crippen LogP contribution in [0.25, 0.3) is 0 Å². The Morgan fingerprint density at radius 3 is 2.31 bits per heavy atom. The molecule has 0 aromatic heterocycles. The van der Waals surface area contributed by atoms with Crippen molar-refractivity contribution in [3.05, 3.63) is 0 Å². The van der Waals surface area contributed by atoms with Crippen molar-refractivity contribution in [3.8, 4) is 12.1 Å². The molecule has 0 unspecified atom stereocenters. The Morgan fingerprint density at radius 2 is 1.69 bits per heavy atom.